The number of carboxylic acids is 1. The monoisotopic (exact) mass is 390 g/mol. The Morgan fingerprint density at radius 2 is 2.19 bits per heavy atom. The molecule has 6 nitrogen and oxygen atoms in total. The zero-order valence-electron chi connectivity index (χ0n) is 10.8. The molecule has 9 heteroatoms. The molecule has 2 rings (SSSR count). The largest absolute Gasteiger partial charge is 0.477 e. The van der Waals surface area contributed by atoms with Gasteiger partial charge >= 0.3 is 5.97 Å². The summed E-state index contributed by atoms with van der Waals surface area (Å²) in [4.78, 5) is 15.2. The summed E-state index contributed by atoms with van der Waals surface area (Å²) in [6, 6.07) is 6.30. The predicted molar refractivity (Wildman–Crippen MR) is 82.0 cm³/mol. The third-order valence-corrected chi connectivity index (χ3v) is 5.59. The summed E-state index contributed by atoms with van der Waals surface area (Å²) < 4.78 is 27.3. The second-order valence-electron chi connectivity index (χ2n) is 4.11. The molecule has 21 heavy (non-hydrogen) atoms. The van der Waals surface area contributed by atoms with Crippen LogP contribution in [0.1, 0.15) is 20.4 Å². The van der Waals surface area contributed by atoms with E-state index in [-0.39, 0.29) is 16.3 Å². The summed E-state index contributed by atoms with van der Waals surface area (Å²) in [5.74, 6) is -1.06. The minimum Gasteiger partial charge on any atom is -0.477 e. The van der Waals surface area contributed by atoms with E-state index in [1.807, 2.05) is 0 Å². The standard InChI is InChI=1S/C12H11BrN2O4S2/c1-7-11(12(16)17)20-10(15-7)6-14-21(18,19)9-4-2-3-8(13)5-9/h2-5,14H,6H2,1H3,(H,16,17). The maximum atomic E-state index is 12.1. The summed E-state index contributed by atoms with van der Waals surface area (Å²) in [5.41, 5.74) is 0.379. The Morgan fingerprint density at radius 1 is 1.48 bits per heavy atom. The van der Waals surface area contributed by atoms with Crippen LogP contribution in [-0.2, 0) is 16.6 Å². The van der Waals surface area contributed by atoms with Gasteiger partial charge in [0.25, 0.3) is 0 Å². The molecule has 0 saturated heterocycles. The van der Waals surface area contributed by atoms with E-state index < -0.39 is 16.0 Å². The Bertz CT molecular complexity index is 786. The van der Waals surface area contributed by atoms with Crippen LogP contribution in [0.25, 0.3) is 0 Å². The van der Waals surface area contributed by atoms with E-state index in [4.69, 9.17) is 5.11 Å². The van der Waals surface area contributed by atoms with Crippen LogP contribution >= 0.6 is 27.3 Å². The number of aromatic nitrogens is 1. The number of aryl methyl sites for hydroxylation is 1. The molecule has 0 bridgehead atoms. The number of benzene rings is 1. The van der Waals surface area contributed by atoms with Crippen LogP contribution in [0.4, 0.5) is 0 Å². The summed E-state index contributed by atoms with van der Waals surface area (Å²) in [5, 5.41) is 9.35. The fourth-order valence-electron chi connectivity index (χ4n) is 1.60. The van der Waals surface area contributed by atoms with Gasteiger partial charge in [0.1, 0.15) is 9.88 Å². The first kappa shape index (κ1) is 16.1. The highest BCUT2D eigenvalue weighted by molar-refractivity contribution is 9.10. The number of hydrogen-bond acceptors (Lipinski definition) is 5. The van der Waals surface area contributed by atoms with Gasteiger partial charge in [-0.3, -0.25) is 0 Å². The molecular weight excluding hydrogens is 380 g/mol. The van der Waals surface area contributed by atoms with Crippen LogP contribution in [0.15, 0.2) is 33.6 Å². The van der Waals surface area contributed by atoms with E-state index in [9.17, 15) is 13.2 Å². The highest BCUT2D eigenvalue weighted by Gasteiger charge is 2.17. The average molecular weight is 391 g/mol. The Hall–Kier alpha value is -1.29. The van der Waals surface area contributed by atoms with Crippen molar-refractivity contribution in [3.05, 3.63) is 44.3 Å². The third-order valence-electron chi connectivity index (χ3n) is 2.55. The maximum absolute atomic E-state index is 12.1. The van der Waals surface area contributed by atoms with Gasteiger partial charge in [-0.25, -0.2) is 22.9 Å². The molecule has 0 atom stereocenters. The molecule has 0 unspecified atom stereocenters. The third kappa shape index (κ3) is 3.88. The molecule has 0 amide bonds. The molecule has 0 radical (unpaired) electrons. The van der Waals surface area contributed by atoms with Gasteiger partial charge in [-0.05, 0) is 25.1 Å². The van der Waals surface area contributed by atoms with Gasteiger partial charge in [0.05, 0.1) is 17.1 Å². The van der Waals surface area contributed by atoms with E-state index in [1.54, 1.807) is 19.1 Å². The normalized spacial score (nSPS) is 11.5. The summed E-state index contributed by atoms with van der Waals surface area (Å²) in [6.45, 7) is 1.53. The van der Waals surface area contributed by atoms with Crippen molar-refractivity contribution in [1.29, 1.82) is 0 Å². The summed E-state index contributed by atoms with van der Waals surface area (Å²) in [6.07, 6.45) is 0. The molecule has 2 aromatic rings. The van der Waals surface area contributed by atoms with E-state index in [0.717, 1.165) is 11.3 Å². The maximum Gasteiger partial charge on any atom is 0.347 e. The number of thiazole rings is 1. The van der Waals surface area contributed by atoms with E-state index in [2.05, 4.69) is 25.6 Å². The van der Waals surface area contributed by atoms with Crippen LogP contribution < -0.4 is 4.72 Å². The van der Waals surface area contributed by atoms with Gasteiger partial charge in [-0.1, -0.05) is 22.0 Å². The van der Waals surface area contributed by atoms with Crippen LogP contribution in [0.2, 0.25) is 0 Å². The van der Waals surface area contributed by atoms with Gasteiger partial charge in [0.15, 0.2) is 0 Å². The molecule has 0 spiro atoms. The zero-order chi connectivity index (χ0) is 15.6. The van der Waals surface area contributed by atoms with Crippen LogP contribution in [-0.4, -0.2) is 24.5 Å². The van der Waals surface area contributed by atoms with E-state index in [1.165, 1.54) is 12.1 Å². The predicted octanol–water partition coefficient (Wildman–Crippen LogP) is 2.39. The highest BCUT2D eigenvalue weighted by Crippen LogP contribution is 2.19. The SMILES string of the molecule is Cc1nc(CNS(=O)(=O)c2cccc(Br)c2)sc1C(=O)O. The number of carbonyl (C=O) groups is 1. The number of carboxylic acid groups (broad SMARTS) is 1. The van der Waals surface area contributed by atoms with Crippen LogP contribution in [0, 0.1) is 6.92 Å². The van der Waals surface area contributed by atoms with Gasteiger partial charge in [-0.15, -0.1) is 11.3 Å². The molecule has 0 fully saturated rings. The van der Waals surface area contributed by atoms with Crippen molar-refractivity contribution in [2.75, 3.05) is 0 Å². The molecule has 1 aromatic carbocycles. The number of hydrogen-bond donors (Lipinski definition) is 2. The Balaban J connectivity index is 2.15. The van der Waals surface area contributed by atoms with Gasteiger partial charge in [0.2, 0.25) is 10.0 Å². The first-order valence-electron chi connectivity index (χ1n) is 5.74. The fraction of sp³-hybridized carbons (Fsp3) is 0.167. The lowest BCUT2D eigenvalue weighted by Gasteiger charge is -2.05. The van der Waals surface area contributed by atoms with E-state index >= 15 is 0 Å². The van der Waals surface area contributed by atoms with Crippen molar-refractivity contribution >= 4 is 43.3 Å². The Morgan fingerprint density at radius 3 is 2.76 bits per heavy atom. The highest BCUT2D eigenvalue weighted by atomic mass is 79.9. The van der Waals surface area contributed by atoms with Crippen molar-refractivity contribution in [2.45, 2.75) is 18.4 Å². The number of nitrogens with zero attached hydrogens (tertiary/aromatic N) is 1. The minimum atomic E-state index is -3.67. The molecule has 0 aliphatic heterocycles. The number of halogens is 1. The lowest BCUT2D eigenvalue weighted by molar-refractivity contribution is 0.0701. The van der Waals surface area contributed by atoms with Crippen molar-refractivity contribution in [3.63, 3.8) is 0 Å². The minimum absolute atomic E-state index is 0.0480. The average Bonchev–Trinajstić information content (AvgIpc) is 2.78. The number of sulfonamides is 1. The lowest BCUT2D eigenvalue weighted by Crippen LogP contribution is -2.23. The Labute approximate surface area is 134 Å². The van der Waals surface area contributed by atoms with E-state index in [0.29, 0.717) is 15.2 Å². The molecular formula is C12H11BrN2O4S2. The second-order valence-corrected chi connectivity index (χ2v) is 7.88. The molecule has 0 aliphatic rings. The summed E-state index contributed by atoms with van der Waals surface area (Å²) >= 11 is 4.17. The number of nitrogens with one attached hydrogen (secondary N) is 1. The topological polar surface area (TPSA) is 96.4 Å². The fourth-order valence-corrected chi connectivity index (χ4v) is 4.12. The van der Waals surface area contributed by atoms with Gasteiger partial charge in [0, 0.05) is 4.47 Å². The van der Waals surface area contributed by atoms with Crippen LogP contribution in [0.3, 0.4) is 0 Å². The smallest absolute Gasteiger partial charge is 0.347 e. The lowest BCUT2D eigenvalue weighted by atomic mass is 10.4. The quantitative estimate of drug-likeness (QED) is 0.816. The molecule has 112 valence electrons. The molecule has 0 aliphatic carbocycles. The Kier molecular flexibility index (Phi) is 4.77. The molecule has 2 N–H and O–H groups in total. The van der Waals surface area contributed by atoms with Crippen molar-refractivity contribution in [2.24, 2.45) is 0 Å². The second kappa shape index (κ2) is 6.22. The van der Waals surface area contributed by atoms with Crippen molar-refractivity contribution in [3.8, 4) is 0 Å². The first-order chi connectivity index (χ1) is 9.79. The first-order valence-corrected chi connectivity index (χ1v) is 8.83. The number of rotatable bonds is 5. The zero-order valence-corrected chi connectivity index (χ0v) is 14.0. The molecule has 0 saturated carbocycles. The van der Waals surface area contributed by atoms with Crippen molar-refractivity contribution in [1.82, 2.24) is 9.71 Å². The number of aromatic carboxylic acids is 1. The van der Waals surface area contributed by atoms with Gasteiger partial charge in [-0.2, -0.15) is 0 Å². The molecule has 1 aromatic heterocycles. The van der Waals surface area contributed by atoms with Crippen LogP contribution in [0.5, 0.6) is 0 Å². The van der Waals surface area contributed by atoms with Crippen molar-refractivity contribution < 1.29 is 18.3 Å². The summed E-state index contributed by atoms with van der Waals surface area (Å²) in [7, 11) is -3.67. The van der Waals surface area contributed by atoms with Gasteiger partial charge < -0.3 is 5.11 Å². The molecule has 1 heterocycles.